The number of carbonyl (C=O) groups excluding carboxylic acids is 2. The van der Waals surface area contributed by atoms with Crippen molar-refractivity contribution in [1.29, 1.82) is 0 Å². The second-order valence-electron chi connectivity index (χ2n) is 8.68. The molecule has 1 fully saturated rings. The lowest BCUT2D eigenvalue weighted by Gasteiger charge is -2.37. The number of fused-ring (bicyclic) bond motifs is 2. The third kappa shape index (κ3) is 4.51. The van der Waals surface area contributed by atoms with Crippen LogP contribution in [0.2, 0.25) is 0 Å². The van der Waals surface area contributed by atoms with Gasteiger partial charge in [-0.3, -0.25) is 9.59 Å². The van der Waals surface area contributed by atoms with Gasteiger partial charge >= 0.3 is 0 Å². The number of nitrogens with zero attached hydrogens (tertiary/aromatic N) is 3. The second kappa shape index (κ2) is 9.35. The average molecular weight is 498 g/mol. The van der Waals surface area contributed by atoms with Crippen LogP contribution in [0.4, 0.5) is 0 Å². The Morgan fingerprint density at radius 1 is 0.971 bits per heavy atom. The van der Waals surface area contributed by atoms with Crippen LogP contribution in [0.3, 0.4) is 0 Å². The van der Waals surface area contributed by atoms with E-state index >= 15 is 0 Å². The molecule has 1 saturated heterocycles. The molecule has 0 aromatic heterocycles. The molecular weight excluding hydrogens is 470 g/mol. The Bertz CT molecular complexity index is 1280. The molecule has 9 nitrogen and oxygen atoms in total. The molecular formula is C25H27N3O6S. The lowest BCUT2D eigenvalue weighted by molar-refractivity contribution is -0.135. The maximum atomic E-state index is 13.2. The molecule has 1 atom stereocenters. The van der Waals surface area contributed by atoms with E-state index in [0.29, 0.717) is 24.7 Å². The summed E-state index contributed by atoms with van der Waals surface area (Å²) in [4.78, 5) is 28.8. The molecule has 2 amide bonds. The van der Waals surface area contributed by atoms with Crippen molar-refractivity contribution in [2.45, 2.75) is 24.3 Å². The van der Waals surface area contributed by atoms with Gasteiger partial charge in [0.15, 0.2) is 11.5 Å². The molecule has 10 heteroatoms. The molecule has 0 spiro atoms. The molecule has 0 aliphatic carbocycles. The number of sulfonamides is 1. The van der Waals surface area contributed by atoms with E-state index in [2.05, 4.69) is 0 Å². The van der Waals surface area contributed by atoms with Gasteiger partial charge in [-0.1, -0.05) is 24.3 Å². The van der Waals surface area contributed by atoms with E-state index in [1.807, 2.05) is 30.3 Å². The van der Waals surface area contributed by atoms with Crippen LogP contribution in [0.1, 0.15) is 30.5 Å². The molecule has 3 aliphatic rings. The smallest absolute Gasteiger partial charge is 0.243 e. The van der Waals surface area contributed by atoms with Gasteiger partial charge in [0.2, 0.25) is 21.8 Å². The molecule has 0 radical (unpaired) electrons. The summed E-state index contributed by atoms with van der Waals surface area (Å²) in [5, 5.41) is 0. The number of hydrogen-bond donors (Lipinski definition) is 0. The molecule has 5 rings (SSSR count). The zero-order chi connectivity index (χ0) is 24.6. The largest absolute Gasteiger partial charge is 0.486 e. The lowest BCUT2D eigenvalue weighted by Crippen LogP contribution is -2.51. The Labute approximate surface area is 204 Å². The van der Waals surface area contributed by atoms with Crippen LogP contribution < -0.4 is 9.47 Å². The minimum absolute atomic E-state index is 0.109. The van der Waals surface area contributed by atoms with Crippen molar-refractivity contribution in [2.75, 3.05) is 39.4 Å². The van der Waals surface area contributed by atoms with E-state index in [0.717, 1.165) is 11.1 Å². The molecule has 2 aromatic carbocycles. The van der Waals surface area contributed by atoms with E-state index in [1.54, 1.807) is 22.1 Å². The predicted molar refractivity (Wildman–Crippen MR) is 128 cm³/mol. The number of carbonyl (C=O) groups is 2. The standard InChI is InChI=1S/C25H27N3O6S/c1-18(29)28-9-8-19-4-2-3-5-21(19)22(28)17-25(30)26-10-12-27(13-11-26)35(31,32)20-6-7-23-24(16-20)34-15-14-33-23/h2-9,16,22H,10-15,17H2,1H3. The summed E-state index contributed by atoms with van der Waals surface area (Å²) in [6.45, 7) is 3.25. The van der Waals surface area contributed by atoms with Crippen LogP contribution in [-0.4, -0.2) is 73.7 Å². The highest BCUT2D eigenvalue weighted by Gasteiger charge is 2.34. The van der Waals surface area contributed by atoms with Gasteiger partial charge in [-0.05, 0) is 29.3 Å². The molecule has 0 bridgehead atoms. The zero-order valence-electron chi connectivity index (χ0n) is 19.4. The molecule has 184 valence electrons. The van der Waals surface area contributed by atoms with Crippen LogP contribution >= 0.6 is 0 Å². The van der Waals surface area contributed by atoms with E-state index in [9.17, 15) is 18.0 Å². The van der Waals surface area contributed by atoms with Crippen molar-refractivity contribution in [3.05, 3.63) is 59.8 Å². The van der Waals surface area contributed by atoms with Crippen molar-refractivity contribution < 1.29 is 27.5 Å². The molecule has 35 heavy (non-hydrogen) atoms. The number of hydrogen-bond acceptors (Lipinski definition) is 6. The number of ether oxygens (including phenoxy) is 2. The predicted octanol–water partition coefficient (Wildman–Crippen LogP) is 2.25. The van der Waals surface area contributed by atoms with E-state index < -0.39 is 10.0 Å². The number of amides is 2. The summed E-state index contributed by atoms with van der Waals surface area (Å²) in [7, 11) is -3.73. The van der Waals surface area contributed by atoms with Gasteiger partial charge in [-0.25, -0.2) is 8.42 Å². The lowest BCUT2D eigenvalue weighted by atomic mass is 9.93. The third-order valence-electron chi connectivity index (χ3n) is 6.58. The van der Waals surface area contributed by atoms with E-state index in [4.69, 9.17) is 9.47 Å². The first-order valence-electron chi connectivity index (χ1n) is 11.6. The number of benzene rings is 2. The van der Waals surface area contributed by atoms with Gasteiger partial charge in [0, 0.05) is 45.4 Å². The first kappa shape index (κ1) is 23.4. The summed E-state index contributed by atoms with van der Waals surface area (Å²) in [6, 6.07) is 11.9. The van der Waals surface area contributed by atoms with Gasteiger partial charge < -0.3 is 19.3 Å². The average Bonchev–Trinajstić information content (AvgIpc) is 2.88. The summed E-state index contributed by atoms with van der Waals surface area (Å²) >= 11 is 0. The summed E-state index contributed by atoms with van der Waals surface area (Å²) < 4.78 is 38.8. The Morgan fingerprint density at radius 2 is 1.69 bits per heavy atom. The quantitative estimate of drug-likeness (QED) is 0.643. The Balaban J connectivity index is 1.26. The highest BCUT2D eigenvalue weighted by molar-refractivity contribution is 7.89. The van der Waals surface area contributed by atoms with E-state index in [-0.39, 0.29) is 55.4 Å². The van der Waals surface area contributed by atoms with Crippen LogP contribution in [0.5, 0.6) is 11.5 Å². The van der Waals surface area contributed by atoms with Crippen molar-refractivity contribution in [1.82, 2.24) is 14.1 Å². The first-order valence-corrected chi connectivity index (χ1v) is 13.0. The van der Waals surface area contributed by atoms with Crippen molar-refractivity contribution >= 4 is 27.9 Å². The normalized spacial score (nSPS) is 19.9. The Morgan fingerprint density at radius 3 is 2.43 bits per heavy atom. The number of rotatable bonds is 4. The van der Waals surface area contributed by atoms with Gasteiger partial charge in [0.05, 0.1) is 17.4 Å². The maximum Gasteiger partial charge on any atom is 0.243 e. The number of piperazine rings is 1. The minimum atomic E-state index is -3.73. The van der Waals surface area contributed by atoms with Crippen molar-refractivity contribution in [3.8, 4) is 11.5 Å². The van der Waals surface area contributed by atoms with Crippen LogP contribution in [0.25, 0.3) is 6.08 Å². The fraction of sp³-hybridized carbons (Fsp3) is 0.360. The van der Waals surface area contributed by atoms with Gasteiger partial charge in [-0.2, -0.15) is 4.31 Å². The van der Waals surface area contributed by atoms with Gasteiger partial charge in [0.1, 0.15) is 13.2 Å². The first-order chi connectivity index (χ1) is 16.8. The van der Waals surface area contributed by atoms with Gasteiger partial charge in [-0.15, -0.1) is 0 Å². The Kier molecular flexibility index (Phi) is 6.24. The zero-order valence-corrected chi connectivity index (χ0v) is 20.2. The Hall–Kier alpha value is -3.37. The molecule has 0 N–H and O–H groups in total. The maximum absolute atomic E-state index is 13.2. The molecule has 3 heterocycles. The van der Waals surface area contributed by atoms with Crippen LogP contribution in [0, 0.1) is 0 Å². The highest BCUT2D eigenvalue weighted by Crippen LogP contribution is 2.35. The summed E-state index contributed by atoms with van der Waals surface area (Å²) in [5.74, 6) is 0.707. The summed E-state index contributed by atoms with van der Waals surface area (Å²) in [6.07, 6.45) is 3.73. The highest BCUT2D eigenvalue weighted by atomic mass is 32.2. The van der Waals surface area contributed by atoms with Crippen molar-refractivity contribution in [2.24, 2.45) is 0 Å². The molecule has 3 aliphatic heterocycles. The topological polar surface area (TPSA) is 96.5 Å². The SMILES string of the molecule is CC(=O)N1C=Cc2ccccc2C1CC(=O)N1CCN(S(=O)(=O)c2ccc3c(c2)OCCO3)CC1. The van der Waals surface area contributed by atoms with Gasteiger partial charge in [0.25, 0.3) is 0 Å². The fourth-order valence-electron chi connectivity index (χ4n) is 4.72. The third-order valence-corrected chi connectivity index (χ3v) is 8.47. The second-order valence-corrected chi connectivity index (χ2v) is 10.6. The van der Waals surface area contributed by atoms with Crippen LogP contribution in [-0.2, 0) is 19.6 Å². The van der Waals surface area contributed by atoms with Crippen LogP contribution in [0.15, 0.2) is 53.6 Å². The fourth-order valence-corrected chi connectivity index (χ4v) is 6.16. The molecule has 0 saturated carbocycles. The molecule has 2 aromatic rings. The minimum Gasteiger partial charge on any atom is -0.486 e. The van der Waals surface area contributed by atoms with E-state index in [1.165, 1.54) is 23.4 Å². The van der Waals surface area contributed by atoms with Crippen molar-refractivity contribution in [3.63, 3.8) is 0 Å². The molecule has 1 unspecified atom stereocenters. The monoisotopic (exact) mass is 497 g/mol. The summed E-state index contributed by atoms with van der Waals surface area (Å²) in [5.41, 5.74) is 1.91.